The number of carboxylic acid groups (broad SMARTS) is 1. The molecule has 0 bridgehead atoms. The Balaban J connectivity index is 2.69. The predicted molar refractivity (Wildman–Crippen MR) is 73.7 cm³/mol. The first-order chi connectivity index (χ1) is 8.39. The van der Waals surface area contributed by atoms with Gasteiger partial charge in [-0.2, -0.15) is 0 Å². The molecule has 0 aliphatic heterocycles. The largest absolute Gasteiger partial charge is 0.478 e. The maximum atomic E-state index is 10.7. The number of carbonyl (C=O) groups is 1. The highest BCUT2D eigenvalue weighted by atomic mass is 16.4. The van der Waals surface area contributed by atoms with Crippen molar-refractivity contribution >= 4 is 22.9 Å². The Morgan fingerprint density at radius 2 is 1.94 bits per heavy atom. The van der Waals surface area contributed by atoms with E-state index in [0.29, 0.717) is 0 Å². The van der Waals surface area contributed by atoms with Crippen molar-refractivity contribution in [1.29, 1.82) is 0 Å². The summed E-state index contributed by atoms with van der Waals surface area (Å²) in [6.45, 7) is 6.32. The number of para-hydroxylation sites is 1. The summed E-state index contributed by atoms with van der Waals surface area (Å²) in [5, 5.41) is 9.84. The Hall–Kier alpha value is -2.03. The Labute approximate surface area is 106 Å². The molecule has 3 nitrogen and oxygen atoms in total. The number of aliphatic carboxylic acids is 1. The standard InChI is InChI=1S/C15H17NO2/c1-15(2,3)14-11(8-9-13(17)18)10-6-4-5-7-12(10)16-14/h4-9,16H,1-3H3,(H,17,18)/b9-8+. The smallest absolute Gasteiger partial charge is 0.328 e. The molecule has 2 rings (SSSR count). The summed E-state index contributed by atoms with van der Waals surface area (Å²) in [7, 11) is 0. The molecule has 2 N–H and O–H groups in total. The molecule has 1 aromatic carbocycles. The van der Waals surface area contributed by atoms with Crippen LogP contribution in [0.2, 0.25) is 0 Å². The molecule has 0 aliphatic carbocycles. The van der Waals surface area contributed by atoms with E-state index in [1.165, 1.54) is 6.08 Å². The second kappa shape index (κ2) is 4.33. The number of benzene rings is 1. The molecule has 3 heteroatoms. The van der Waals surface area contributed by atoms with E-state index in [1.54, 1.807) is 6.08 Å². The summed E-state index contributed by atoms with van der Waals surface area (Å²) in [5.74, 6) is -0.930. The highest BCUT2D eigenvalue weighted by Crippen LogP contribution is 2.32. The molecule has 18 heavy (non-hydrogen) atoms. The topological polar surface area (TPSA) is 53.1 Å². The fourth-order valence-corrected chi connectivity index (χ4v) is 2.08. The molecule has 0 saturated carbocycles. The van der Waals surface area contributed by atoms with E-state index in [2.05, 4.69) is 25.8 Å². The van der Waals surface area contributed by atoms with Gasteiger partial charge in [0.05, 0.1) is 0 Å². The van der Waals surface area contributed by atoms with Crippen molar-refractivity contribution in [3.63, 3.8) is 0 Å². The lowest BCUT2D eigenvalue weighted by Crippen LogP contribution is -2.13. The molecule has 0 saturated heterocycles. The first-order valence-corrected chi connectivity index (χ1v) is 5.92. The quantitative estimate of drug-likeness (QED) is 0.792. The number of fused-ring (bicyclic) bond motifs is 1. The fourth-order valence-electron chi connectivity index (χ4n) is 2.08. The maximum Gasteiger partial charge on any atom is 0.328 e. The van der Waals surface area contributed by atoms with Gasteiger partial charge in [0.1, 0.15) is 0 Å². The Morgan fingerprint density at radius 1 is 1.28 bits per heavy atom. The maximum absolute atomic E-state index is 10.7. The third-order valence-corrected chi connectivity index (χ3v) is 2.89. The average Bonchev–Trinajstić information content (AvgIpc) is 2.64. The highest BCUT2D eigenvalue weighted by molar-refractivity contribution is 5.95. The Kier molecular flexibility index (Phi) is 2.99. The first-order valence-electron chi connectivity index (χ1n) is 5.92. The van der Waals surface area contributed by atoms with Gasteiger partial charge in [-0.1, -0.05) is 39.0 Å². The molecule has 0 radical (unpaired) electrons. The number of rotatable bonds is 2. The van der Waals surface area contributed by atoms with Gasteiger partial charge >= 0.3 is 5.97 Å². The van der Waals surface area contributed by atoms with E-state index in [1.807, 2.05) is 24.3 Å². The molecule has 0 atom stereocenters. The lowest BCUT2D eigenvalue weighted by atomic mass is 9.89. The van der Waals surface area contributed by atoms with Crippen LogP contribution in [-0.4, -0.2) is 16.1 Å². The average molecular weight is 243 g/mol. The van der Waals surface area contributed by atoms with Crippen molar-refractivity contribution in [2.24, 2.45) is 0 Å². The minimum atomic E-state index is -0.930. The summed E-state index contributed by atoms with van der Waals surface area (Å²) >= 11 is 0. The van der Waals surface area contributed by atoms with Crippen LogP contribution in [0, 0.1) is 0 Å². The summed E-state index contributed by atoms with van der Waals surface area (Å²) in [6, 6.07) is 7.93. The van der Waals surface area contributed by atoms with Crippen LogP contribution < -0.4 is 0 Å². The summed E-state index contributed by atoms with van der Waals surface area (Å²) in [4.78, 5) is 14.1. The van der Waals surface area contributed by atoms with E-state index in [0.717, 1.165) is 22.2 Å². The van der Waals surface area contributed by atoms with Crippen LogP contribution in [0.15, 0.2) is 30.3 Å². The summed E-state index contributed by atoms with van der Waals surface area (Å²) < 4.78 is 0. The zero-order chi connectivity index (χ0) is 13.3. The van der Waals surface area contributed by atoms with Crippen molar-refractivity contribution < 1.29 is 9.90 Å². The van der Waals surface area contributed by atoms with Crippen molar-refractivity contribution in [2.75, 3.05) is 0 Å². The van der Waals surface area contributed by atoms with Gasteiger partial charge in [-0.05, 0) is 12.1 Å². The van der Waals surface area contributed by atoms with Gasteiger partial charge < -0.3 is 10.1 Å². The fraction of sp³-hybridized carbons (Fsp3) is 0.267. The second-order valence-corrected chi connectivity index (χ2v) is 5.38. The number of hydrogen-bond acceptors (Lipinski definition) is 1. The van der Waals surface area contributed by atoms with Gasteiger partial charge in [-0.3, -0.25) is 0 Å². The van der Waals surface area contributed by atoms with Crippen LogP contribution in [0.1, 0.15) is 32.0 Å². The van der Waals surface area contributed by atoms with E-state index in [4.69, 9.17) is 5.11 Å². The predicted octanol–water partition coefficient (Wildman–Crippen LogP) is 3.56. The molecular formula is C15H17NO2. The third-order valence-electron chi connectivity index (χ3n) is 2.89. The number of carboxylic acids is 1. The number of aromatic nitrogens is 1. The van der Waals surface area contributed by atoms with Crippen LogP contribution in [0.3, 0.4) is 0 Å². The van der Waals surface area contributed by atoms with Crippen molar-refractivity contribution in [1.82, 2.24) is 4.98 Å². The molecule has 2 aromatic rings. The lowest BCUT2D eigenvalue weighted by molar-refractivity contribution is -0.131. The van der Waals surface area contributed by atoms with Crippen LogP contribution in [0.25, 0.3) is 17.0 Å². The SMILES string of the molecule is CC(C)(C)c1[nH]c2ccccc2c1/C=C/C(=O)O. The number of aromatic amines is 1. The number of H-pyrrole nitrogens is 1. The van der Waals surface area contributed by atoms with Gasteiger partial charge in [0.25, 0.3) is 0 Å². The molecule has 0 spiro atoms. The molecule has 0 amide bonds. The molecule has 0 unspecified atom stereocenters. The van der Waals surface area contributed by atoms with E-state index in [-0.39, 0.29) is 5.41 Å². The highest BCUT2D eigenvalue weighted by Gasteiger charge is 2.21. The van der Waals surface area contributed by atoms with Gasteiger partial charge in [0.15, 0.2) is 0 Å². The molecule has 1 heterocycles. The Bertz CT molecular complexity index is 615. The molecule has 1 aromatic heterocycles. The molecule has 0 aliphatic rings. The van der Waals surface area contributed by atoms with Crippen molar-refractivity contribution in [3.05, 3.63) is 41.6 Å². The number of nitrogens with one attached hydrogen (secondary N) is 1. The third kappa shape index (κ3) is 2.30. The van der Waals surface area contributed by atoms with Crippen LogP contribution in [0.5, 0.6) is 0 Å². The van der Waals surface area contributed by atoms with Crippen LogP contribution in [0.4, 0.5) is 0 Å². The monoisotopic (exact) mass is 243 g/mol. The zero-order valence-electron chi connectivity index (χ0n) is 10.8. The second-order valence-electron chi connectivity index (χ2n) is 5.38. The van der Waals surface area contributed by atoms with Gasteiger partial charge in [0.2, 0.25) is 0 Å². The minimum Gasteiger partial charge on any atom is -0.478 e. The van der Waals surface area contributed by atoms with Crippen molar-refractivity contribution in [2.45, 2.75) is 26.2 Å². The lowest BCUT2D eigenvalue weighted by Gasteiger charge is -2.18. The summed E-state index contributed by atoms with van der Waals surface area (Å²) in [5.41, 5.74) is 2.99. The van der Waals surface area contributed by atoms with E-state index in [9.17, 15) is 4.79 Å². The zero-order valence-corrected chi connectivity index (χ0v) is 10.8. The minimum absolute atomic E-state index is 0.0583. The summed E-state index contributed by atoms with van der Waals surface area (Å²) in [6.07, 6.45) is 2.85. The van der Waals surface area contributed by atoms with E-state index >= 15 is 0 Å². The van der Waals surface area contributed by atoms with Crippen LogP contribution >= 0.6 is 0 Å². The van der Waals surface area contributed by atoms with Gasteiger partial charge in [-0.25, -0.2) is 4.79 Å². The normalized spacial score (nSPS) is 12.4. The van der Waals surface area contributed by atoms with Crippen LogP contribution in [-0.2, 0) is 10.2 Å². The number of hydrogen-bond donors (Lipinski definition) is 2. The molecule has 0 fully saturated rings. The van der Waals surface area contributed by atoms with Gasteiger partial charge in [0, 0.05) is 33.7 Å². The first kappa shape index (κ1) is 12.4. The Morgan fingerprint density at radius 3 is 2.56 bits per heavy atom. The van der Waals surface area contributed by atoms with Crippen molar-refractivity contribution in [3.8, 4) is 0 Å². The van der Waals surface area contributed by atoms with E-state index < -0.39 is 5.97 Å². The molecule has 94 valence electrons. The van der Waals surface area contributed by atoms with Gasteiger partial charge in [-0.15, -0.1) is 0 Å². The molecular weight excluding hydrogens is 226 g/mol.